The fourth-order valence-electron chi connectivity index (χ4n) is 0.614. The average molecular weight is 250 g/mol. The van der Waals surface area contributed by atoms with Crippen molar-refractivity contribution in [1.29, 1.82) is 0 Å². The summed E-state index contributed by atoms with van der Waals surface area (Å²) in [5.41, 5.74) is -1.16. The van der Waals surface area contributed by atoms with Crippen LogP contribution in [0.1, 0.15) is 5.69 Å². The van der Waals surface area contributed by atoms with E-state index in [-0.39, 0.29) is 10.0 Å². The number of halogens is 6. The summed E-state index contributed by atoms with van der Waals surface area (Å²) in [5, 5.41) is -0.910. The molecular formula is C6HCl3F3N. The van der Waals surface area contributed by atoms with Crippen LogP contribution in [-0.4, -0.2) is 4.98 Å². The Hall–Kier alpha value is -0.190. The number of nitrogens with zero attached hydrogens (tertiary/aromatic N) is 1. The molecule has 1 aromatic heterocycles. The van der Waals surface area contributed by atoms with Crippen LogP contribution in [0.15, 0.2) is 6.07 Å². The highest BCUT2D eigenvalue weighted by Gasteiger charge is 2.33. The zero-order chi connectivity index (χ0) is 10.2. The molecule has 0 aromatic carbocycles. The highest BCUT2D eigenvalue weighted by Crippen LogP contribution is 2.35. The third-order valence-corrected chi connectivity index (χ3v) is 2.31. The first-order valence-corrected chi connectivity index (χ1v) is 4.04. The molecule has 1 nitrogen and oxygen atoms in total. The van der Waals surface area contributed by atoms with Gasteiger partial charge in [-0.15, -0.1) is 0 Å². The van der Waals surface area contributed by atoms with Gasteiger partial charge in [0, 0.05) is 0 Å². The maximum Gasteiger partial charge on any atom is 0.433 e. The van der Waals surface area contributed by atoms with Gasteiger partial charge < -0.3 is 0 Å². The van der Waals surface area contributed by atoms with E-state index in [9.17, 15) is 13.2 Å². The summed E-state index contributed by atoms with van der Waals surface area (Å²) >= 11 is 16.1. The summed E-state index contributed by atoms with van der Waals surface area (Å²) in [4.78, 5) is 3.03. The number of rotatable bonds is 0. The first-order chi connectivity index (χ1) is 5.82. The first kappa shape index (κ1) is 10.9. The van der Waals surface area contributed by atoms with Crippen molar-refractivity contribution in [2.75, 3.05) is 0 Å². The van der Waals surface area contributed by atoms with E-state index in [0.29, 0.717) is 6.07 Å². The summed E-state index contributed by atoms with van der Waals surface area (Å²) in [5.74, 6) is 0. The van der Waals surface area contributed by atoms with Gasteiger partial charge in [-0.25, -0.2) is 4.98 Å². The van der Waals surface area contributed by atoms with Gasteiger partial charge in [0.2, 0.25) is 0 Å². The molecule has 13 heavy (non-hydrogen) atoms. The lowest BCUT2D eigenvalue weighted by molar-refractivity contribution is -0.141. The van der Waals surface area contributed by atoms with Crippen LogP contribution >= 0.6 is 34.8 Å². The summed E-state index contributed by atoms with van der Waals surface area (Å²) in [6.45, 7) is 0. The summed E-state index contributed by atoms with van der Waals surface area (Å²) < 4.78 is 36.2. The van der Waals surface area contributed by atoms with Crippen molar-refractivity contribution in [2.45, 2.75) is 6.18 Å². The Morgan fingerprint density at radius 1 is 1.15 bits per heavy atom. The standard InChI is InChI=1S/C6HCl3F3N/c7-2-1-3(6(10,11)12)13-5(9)4(2)8/h1H. The molecule has 0 atom stereocenters. The quantitative estimate of drug-likeness (QED) is 0.633. The number of aromatic nitrogens is 1. The lowest BCUT2D eigenvalue weighted by Gasteiger charge is -2.07. The van der Waals surface area contributed by atoms with Crippen LogP contribution < -0.4 is 0 Å². The molecule has 72 valence electrons. The van der Waals surface area contributed by atoms with Crippen molar-refractivity contribution < 1.29 is 13.2 Å². The van der Waals surface area contributed by atoms with E-state index in [2.05, 4.69) is 4.98 Å². The zero-order valence-electron chi connectivity index (χ0n) is 5.79. The summed E-state index contributed by atoms with van der Waals surface area (Å²) in [6, 6.07) is 0.621. The summed E-state index contributed by atoms with van der Waals surface area (Å²) in [7, 11) is 0. The molecule has 0 aliphatic heterocycles. The van der Waals surface area contributed by atoms with E-state index in [1.807, 2.05) is 0 Å². The van der Waals surface area contributed by atoms with E-state index in [1.165, 1.54) is 0 Å². The van der Waals surface area contributed by atoms with Gasteiger partial charge in [-0.05, 0) is 6.07 Å². The minimum Gasteiger partial charge on any atom is -0.230 e. The van der Waals surface area contributed by atoms with Gasteiger partial charge in [-0.1, -0.05) is 34.8 Å². The predicted octanol–water partition coefficient (Wildman–Crippen LogP) is 4.06. The second-order valence-corrected chi connectivity index (χ2v) is 3.24. The Bertz CT molecular complexity index is 313. The fourth-order valence-corrected chi connectivity index (χ4v) is 1.15. The van der Waals surface area contributed by atoms with Crippen molar-refractivity contribution >= 4 is 34.8 Å². The Labute approximate surface area is 86.4 Å². The fraction of sp³-hybridized carbons (Fsp3) is 0.167. The van der Waals surface area contributed by atoms with E-state index >= 15 is 0 Å². The molecule has 0 saturated carbocycles. The molecule has 0 aliphatic rings. The number of pyridine rings is 1. The molecule has 0 fully saturated rings. The van der Waals surface area contributed by atoms with Crippen LogP contribution in [0.2, 0.25) is 15.2 Å². The van der Waals surface area contributed by atoms with Crippen LogP contribution in [0.3, 0.4) is 0 Å². The van der Waals surface area contributed by atoms with Gasteiger partial charge >= 0.3 is 6.18 Å². The highest BCUT2D eigenvalue weighted by atomic mass is 35.5. The smallest absolute Gasteiger partial charge is 0.230 e. The van der Waals surface area contributed by atoms with Crippen LogP contribution in [0.4, 0.5) is 13.2 Å². The molecule has 0 saturated heterocycles. The Morgan fingerprint density at radius 3 is 2.08 bits per heavy atom. The lowest BCUT2D eigenvalue weighted by atomic mass is 10.3. The molecule has 0 N–H and O–H groups in total. The Morgan fingerprint density at radius 2 is 1.69 bits per heavy atom. The minimum atomic E-state index is -4.57. The van der Waals surface area contributed by atoms with E-state index in [1.54, 1.807) is 0 Å². The van der Waals surface area contributed by atoms with E-state index < -0.39 is 17.0 Å². The van der Waals surface area contributed by atoms with Crippen LogP contribution in [0, 0.1) is 0 Å². The van der Waals surface area contributed by atoms with Gasteiger partial charge in [0.05, 0.1) is 10.0 Å². The van der Waals surface area contributed by atoms with Crippen molar-refractivity contribution in [3.05, 3.63) is 27.0 Å². The number of hydrogen-bond acceptors (Lipinski definition) is 1. The molecule has 0 unspecified atom stereocenters. The monoisotopic (exact) mass is 249 g/mol. The molecule has 1 aromatic rings. The van der Waals surface area contributed by atoms with Gasteiger partial charge in [0.15, 0.2) is 0 Å². The predicted molar refractivity (Wildman–Crippen MR) is 44.3 cm³/mol. The Kier molecular flexibility index (Phi) is 2.95. The first-order valence-electron chi connectivity index (χ1n) is 2.91. The maximum atomic E-state index is 12.1. The summed E-state index contributed by atoms with van der Waals surface area (Å²) in [6.07, 6.45) is -4.57. The molecule has 7 heteroatoms. The van der Waals surface area contributed by atoms with E-state index in [0.717, 1.165) is 0 Å². The zero-order valence-corrected chi connectivity index (χ0v) is 8.06. The number of hydrogen-bond donors (Lipinski definition) is 0. The third kappa shape index (κ3) is 2.39. The SMILES string of the molecule is FC(F)(F)c1cc(Cl)c(Cl)c(Cl)n1. The topological polar surface area (TPSA) is 12.9 Å². The van der Waals surface area contributed by atoms with Crippen LogP contribution in [0.5, 0.6) is 0 Å². The van der Waals surface area contributed by atoms with Crippen molar-refractivity contribution in [2.24, 2.45) is 0 Å². The normalized spacial score (nSPS) is 11.8. The Balaban J connectivity index is 3.29. The molecule has 1 heterocycles. The molecule has 0 bridgehead atoms. The van der Waals surface area contributed by atoms with Gasteiger partial charge in [0.1, 0.15) is 10.8 Å². The molecule has 1 rings (SSSR count). The van der Waals surface area contributed by atoms with Crippen molar-refractivity contribution in [3.8, 4) is 0 Å². The molecule has 0 radical (unpaired) electrons. The third-order valence-electron chi connectivity index (χ3n) is 1.16. The molecule has 0 aliphatic carbocycles. The number of alkyl halides is 3. The van der Waals surface area contributed by atoms with Gasteiger partial charge in [-0.3, -0.25) is 0 Å². The second kappa shape index (κ2) is 3.52. The van der Waals surface area contributed by atoms with Crippen LogP contribution in [0.25, 0.3) is 0 Å². The molecular weight excluding hydrogens is 249 g/mol. The average Bonchev–Trinajstić information content (AvgIpc) is 1.97. The molecule has 0 spiro atoms. The van der Waals surface area contributed by atoms with Crippen LogP contribution in [-0.2, 0) is 6.18 Å². The largest absolute Gasteiger partial charge is 0.433 e. The minimum absolute atomic E-state index is 0.184. The van der Waals surface area contributed by atoms with Gasteiger partial charge in [0.25, 0.3) is 0 Å². The molecule has 0 amide bonds. The van der Waals surface area contributed by atoms with Crippen molar-refractivity contribution in [1.82, 2.24) is 4.98 Å². The van der Waals surface area contributed by atoms with Crippen molar-refractivity contribution in [3.63, 3.8) is 0 Å². The van der Waals surface area contributed by atoms with E-state index in [4.69, 9.17) is 34.8 Å². The highest BCUT2D eigenvalue weighted by molar-refractivity contribution is 6.47. The second-order valence-electron chi connectivity index (χ2n) is 2.09. The van der Waals surface area contributed by atoms with Gasteiger partial charge in [-0.2, -0.15) is 13.2 Å². The maximum absolute atomic E-state index is 12.1. The lowest BCUT2D eigenvalue weighted by Crippen LogP contribution is -2.08.